The summed E-state index contributed by atoms with van der Waals surface area (Å²) >= 11 is 0. The summed E-state index contributed by atoms with van der Waals surface area (Å²) in [6, 6.07) is 4.27. The molecule has 0 saturated heterocycles. The maximum atomic E-state index is 12.1. The van der Waals surface area contributed by atoms with Crippen molar-refractivity contribution < 1.29 is 14.7 Å². The maximum absolute atomic E-state index is 12.1. The molecule has 5 heteroatoms. The van der Waals surface area contributed by atoms with Gasteiger partial charge in [-0.2, -0.15) is 0 Å². The second-order valence-electron chi connectivity index (χ2n) is 4.67. The first-order chi connectivity index (χ1) is 9.61. The number of aryl methyl sites for hydroxylation is 1. The molecule has 0 aromatic heterocycles. The molecule has 1 amide bonds. The van der Waals surface area contributed by atoms with Crippen LogP contribution in [0.1, 0.15) is 28.8 Å². The number of terminal acetylenes is 1. The fraction of sp³-hybridized carbons (Fsp3) is 0.333. The zero-order valence-electron chi connectivity index (χ0n) is 11.0. The van der Waals surface area contributed by atoms with Crippen LogP contribution in [0.5, 0.6) is 0 Å². The molecule has 5 nitrogen and oxygen atoms in total. The van der Waals surface area contributed by atoms with Crippen LogP contribution >= 0.6 is 0 Å². The lowest BCUT2D eigenvalue weighted by molar-refractivity contribution is -0.139. The summed E-state index contributed by atoms with van der Waals surface area (Å²) in [6.45, 7) is 0.932. The molecule has 2 rings (SSSR count). The zero-order chi connectivity index (χ0) is 14.5. The molecular weight excluding hydrogens is 256 g/mol. The summed E-state index contributed by atoms with van der Waals surface area (Å²) in [5, 5.41) is 14.7. The van der Waals surface area contributed by atoms with E-state index >= 15 is 0 Å². The summed E-state index contributed by atoms with van der Waals surface area (Å²) in [7, 11) is 0. The van der Waals surface area contributed by atoms with Gasteiger partial charge in [0.25, 0.3) is 5.91 Å². The highest BCUT2D eigenvalue weighted by Gasteiger charge is 2.20. The van der Waals surface area contributed by atoms with E-state index in [9.17, 15) is 9.59 Å². The van der Waals surface area contributed by atoms with Crippen molar-refractivity contribution in [3.05, 3.63) is 29.3 Å². The molecule has 0 spiro atoms. The van der Waals surface area contributed by atoms with Gasteiger partial charge < -0.3 is 15.7 Å². The third-order valence-electron chi connectivity index (χ3n) is 3.23. The third kappa shape index (κ3) is 3.09. The highest BCUT2D eigenvalue weighted by molar-refractivity contribution is 5.97. The van der Waals surface area contributed by atoms with Crippen LogP contribution in [0.25, 0.3) is 0 Å². The Labute approximate surface area is 117 Å². The average Bonchev–Trinajstić information content (AvgIpc) is 2.46. The second kappa shape index (κ2) is 6.11. The van der Waals surface area contributed by atoms with Crippen molar-refractivity contribution in [1.82, 2.24) is 5.32 Å². The number of anilines is 1. The normalized spacial score (nSPS) is 14.3. The molecule has 1 heterocycles. The number of aliphatic carboxylic acids is 1. The number of carboxylic acids is 1. The van der Waals surface area contributed by atoms with Gasteiger partial charge in [0.1, 0.15) is 6.04 Å². The van der Waals surface area contributed by atoms with Crippen molar-refractivity contribution in [2.45, 2.75) is 25.3 Å². The quantitative estimate of drug-likeness (QED) is 0.721. The predicted octanol–water partition coefficient (Wildman–Crippen LogP) is 1.25. The number of fused-ring (bicyclic) bond motifs is 1. The number of carbonyl (C=O) groups is 2. The van der Waals surface area contributed by atoms with Gasteiger partial charge in [-0.25, -0.2) is 4.79 Å². The summed E-state index contributed by atoms with van der Waals surface area (Å²) in [6.07, 6.45) is 7.00. The topological polar surface area (TPSA) is 78.4 Å². The van der Waals surface area contributed by atoms with Gasteiger partial charge in [-0.15, -0.1) is 12.3 Å². The van der Waals surface area contributed by atoms with Crippen LogP contribution in [0.3, 0.4) is 0 Å². The zero-order valence-corrected chi connectivity index (χ0v) is 11.0. The van der Waals surface area contributed by atoms with Crippen LogP contribution < -0.4 is 10.6 Å². The standard InChI is InChI=1S/C15H16N2O3/c1-2-4-13(15(19)20)17-14(18)11-6-7-12-10(9-11)5-3-8-16-12/h1,6-7,9,13,16H,3-5,8H2,(H,17,18)(H,19,20). The first-order valence-electron chi connectivity index (χ1n) is 6.45. The Balaban J connectivity index is 2.13. The van der Waals surface area contributed by atoms with Crippen molar-refractivity contribution >= 4 is 17.6 Å². The number of carbonyl (C=O) groups excluding carboxylic acids is 1. The molecule has 0 aliphatic carbocycles. The fourth-order valence-corrected chi connectivity index (χ4v) is 2.18. The molecular formula is C15H16N2O3. The van der Waals surface area contributed by atoms with E-state index in [4.69, 9.17) is 11.5 Å². The lowest BCUT2D eigenvalue weighted by Gasteiger charge is -2.19. The molecule has 0 fully saturated rings. The molecule has 1 aromatic carbocycles. The Bertz CT molecular complexity index is 575. The van der Waals surface area contributed by atoms with Crippen LogP contribution in [-0.4, -0.2) is 29.6 Å². The highest BCUT2D eigenvalue weighted by atomic mass is 16.4. The summed E-state index contributed by atoms with van der Waals surface area (Å²) < 4.78 is 0. The van der Waals surface area contributed by atoms with E-state index in [-0.39, 0.29) is 6.42 Å². The van der Waals surface area contributed by atoms with E-state index in [1.54, 1.807) is 12.1 Å². The van der Waals surface area contributed by atoms with Crippen LogP contribution in [-0.2, 0) is 11.2 Å². The molecule has 3 N–H and O–H groups in total. The molecule has 1 atom stereocenters. The maximum Gasteiger partial charge on any atom is 0.327 e. The number of rotatable bonds is 4. The minimum atomic E-state index is -1.13. The number of amides is 1. The van der Waals surface area contributed by atoms with E-state index in [2.05, 4.69) is 16.6 Å². The van der Waals surface area contributed by atoms with E-state index < -0.39 is 17.9 Å². The Kier molecular flexibility index (Phi) is 4.26. The molecule has 0 saturated carbocycles. The minimum Gasteiger partial charge on any atom is -0.480 e. The molecule has 20 heavy (non-hydrogen) atoms. The van der Waals surface area contributed by atoms with Gasteiger partial charge in [-0.3, -0.25) is 4.79 Å². The van der Waals surface area contributed by atoms with E-state index in [0.717, 1.165) is 30.6 Å². The fourth-order valence-electron chi connectivity index (χ4n) is 2.18. The minimum absolute atomic E-state index is 0.0342. The number of nitrogens with one attached hydrogen (secondary N) is 2. The van der Waals surface area contributed by atoms with Crippen LogP contribution in [0.2, 0.25) is 0 Å². The van der Waals surface area contributed by atoms with Crippen molar-refractivity contribution in [3.8, 4) is 12.3 Å². The number of hydrogen-bond acceptors (Lipinski definition) is 3. The van der Waals surface area contributed by atoms with Gasteiger partial charge in [-0.1, -0.05) is 0 Å². The largest absolute Gasteiger partial charge is 0.480 e. The highest BCUT2D eigenvalue weighted by Crippen LogP contribution is 2.22. The molecule has 1 aromatic rings. The lowest BCUT2D eigenvalue weighted by atomic mass is 10.0. The molecule has 1 unspecified atom stereocenters. The van der Waals surface area contributed by atoms with Gasteiger partial charge in [-0.05, 0) is 36.6 Å². The Morgan fingerprint density at radius 1 is 1.50 bits per heavy atom. The lowest BCUT2D eigenvalue weighted by Crippen LogP contribution is -2.40. The van der Waals surface area contributed by atoms with Gasteiger partial charge in [0.05, 0.1) is 0 Å². The van der Waals surface area contributed by atoms with Crippen molar-refractivity contribution in [1.29, 1.82) is 0 Å². The number of carboxylic acid groups (broad SMARTS) is 1. The SMILES string of the molecule is C#CCC(NC(=O)c1ccc2c(c1)CCCN2)C(=O)O. The first kappa shape index (κ1) is 13.9. The van der Waals surface area contributed by atoms with E-state index in [1.165, 1.54) is 0 Å². The van der Waals surface area contributed by atoms with Crippen molar-refractivity contribution in [2.24, 2.45) is 0 Å². The van der Waals surface area contributed by atoms with Gasteiger partial charge in [0.15, 0.2) is 0 Å². The van der Waals surface area contributed by atoms with Crippen LogP contribution in [0.15, 0.2) is 18.2 Å². The molecule has 1 aliphatic rings. The number of benzene rings is 1. The Morgan fingerprint density at radius 2 is 2.30 bits per heavy atom. The average molecular weight is 272 g/mol. The van der Waals surface area contributed by atoms with Crippen molar-refractivity contribution in [2.75, 3.05) is 11.9 Å². The van der Waals surface area contributed by atoms with Crippen LogP contribution in [0, 0.1) is 12.3 Å². The summed E-state index contributed by atoms with van der Waals surface area (Å²) in [5.41, 5.74) is 2.56. The smallest absolute Gasteiger partial charge is 0.327 e. The molecule has 1 aliphatic heterocycles. The van der Waals surface area contributed by atoms with Crippen LogP contribution in [0.4, 0.5) is 5.69 Å². The number of hydrogen-bond donors (Lipinski definition) is 3. The Hall–Kier alpha value is -2.48. The monoisotopic (exact) mass is 272 g/mol. The Morgan fingerprint density at radius 3 is 3.00 bits per heavy atom. The van der Waals surface area contributed by atoms with Gasteiger partial charge in [0, 0.05) is 24.2 Å². The predicted molar refractivity (Wildman–Crippen MR) is 75.6 cm³/mol. The van der Waals surface area contributed by atoms with Gasteiger partial charge in [0.2, 0.25) is 0 Å². The molecule has 0 radical (unpaired) electrons. The van der Waals surface area contributed by atoms with E-state index in [0.29, 0.717) is 5.56 Å². The molecule has 0 bridgehead atoms. The molecule has 104 valence electrons. The first-order valence-corrected chi connectivity index (χ1v) is 6.45. The van der Waals surface area contributed by atoms with E-state index in [1.807, 2.05) is 6.07 Å². The summed E-state index contributed by atoms with van der Waals surface area (Å²) in [4.78, 5) is 23.0. The van der Waals surface area contributed by atoms with Crippen molar-refractivity contribution in [3.63, 3.8) is 0 Å². The third-order valence-corrected chi connectivity index (χ3v) is 3.23. The second-order valence-corrected chi connectivity index (χ2v) is 4.67. The van der Waals surface area contributed by atoms with Gasteiger partial charge >= 0.3 is 5.97 Å². The summed E-state index contributed by atoms with van der Waals surface area (Å²) in [5.74, 6) is 0.706.